The summed E-state index contributed by atoms with van der Waals surface area (Å²) in [5, 5.41) is 19.1. The predicted octanol–water partition coefficient (Wildman–Crippen LogP) is 1.53. The number of piperidine rings is 2. The van der Waals surface area contributed by atoms with Gasteiger partial charge in [0.05, 0.1) is 6.10 Å². The number of hydrogen-bond donors (Lipinski definition) is 2. The van der Waals surface area contributed by atoms with Crippen molar-refractivity contribution in [1.29, 1.82) is 0 Å². The normalized spacial score (nSPS) is 29.3. The first-order chi connectivity index (χ1) is 9.86. The summed E-state index contributed by atoms with van der Waals surface area (Å²) < 4.78 is 0. The quantitative estimate of drug-likeness (QED) is 0.810. The van der Waals surface area contributed by atoms with Gasteiger partial charge in [-0.2, -0.15) is 0 Å². The molecule has 0 aromatic heterocycles. The largest absolute Gasteiger partial charge is 0.480 e. The van der Waals surface area contributed by atoms with E-state index in [0.717, 1.165) is 25.7 Å². The molecule has 6 heteroatoms. The first-order valence-corrected chi connectivity index (χ1v) is 7.84. The molecule has 2 atom stereocenters. The maximum absolute atomic E-state index is 12.7. The number of aliphatic carboxylic acids is 1. The second-order valence-electron chi connectivity index (χ2n) is 6.54. The zero-order valence-corrected chi connectivity index (χ0v) is 12.9. The molecule has 2 heterocycles. The lowest BCUT2D eigenvalue weighted by Gasteiger charge is -2.45. The van der Waals surface area contributed by atoms with Gasteiger partial charge in [-0.15, -0.1) is 0 Å². The van der Waals surface area contributed by atoms with Gasteiger partial charge in [-0.05, 0) is 51.9 Å². The van der Waals surface area contributed by atoms with Gasteiger partial charge in [-0.1, -0.05) is 0 Å². The average Bonchev–Trinajstić information content (AvgIpc) is 2.47. The molecule has 2 aliphatic rings. The zero-order chi connectivity index (χ0) is 15.6. The minimum Gasteiger partial charge on any atom is -0.480 e. The summed E-state index contributed by atoms with van der Waals surface area (Å²) in [6, 6.07) is -0.163. The predicted molar refractivity (Wildman–Crippen MR) is 78.0 cm³/mol. The third-order valence-electron chi connectivity index (χ3n) is 5.08. The van der Waals surface area contributed by atoms with E-state index in [2.05, 4.69) is 0 Å². The minimum atomic E-state index is -1.09. The second kappa shape index (κ2) is 6.22. The number of aliphatic hydroxyl groups is 1. The van der Waals surface area contributed by atoms with E-state index < -0.39 is 11.5 Å². The van der Waals surface area contributed by atoms with Crippen molar-refractivity contribution in [3.05, 3.63) is 0 Å². The van der Waals surface area contributed by atoms with Gasteiger partial charge in [0.2, 0.25) is 0 Å². The van der Waals surface area contributed by atoms with Crippen LogP contribution >= 0.6 is 0 Å². The van der Waals surface area contributed by atoms with Crippen LogP contribution in [0.4, 0.5) is 4.79 Å². The molecule has 2 fully saturated rings. The number of carbonyl (C=O) groups is 2. The number of nitrogens with zero attached hydrogens (tertiary/aromatic N) is 2. The number of hydrogen-bond acceptors (Lipinski definition) is 3. The van der Waals surface area contributed by atoms with Gasteiger partial charge in [-0.3, -0.25) is 0 Å². The van der Waals surface area contributed by atoms with Crippen LogP contribution in [0.25, 0.3) is 0 Å². The van der Waals surface area contributed by atoms with Crippen LogP contribution in [0.15, 0.2) is 0 Å². The molecule has 0 aromatic rings. The number of urea groups is 1. The van der Waals surface area contributed by atoms with Crippen LogP contribution < -0.4 is 0 Å². The fourth-order valence-electron chi connectivity index (χ4n) is 3.39. The lowest BCUT2D eigenvalue weighted by Crippen LogP contribution is -2.61. The highest BCUT2D eigenvalue weighted by atomic mass is 16.4. The Morgan fingerprint density at radius 1 is 1.19 bits per heavy atom. The Bertz CT molecular complexity index is 404. The SMILES string of the molecule is CC(O)C1CCN(C(=O)N2CCCCC2(C)C(=O)O)CC1. The van der Waals surface area contributed by atoms with E-state index in [1.165, 1.54) is 4.90 Å². The van der Waals surface area contributed by atoms with E-state index in [-0.39, 0.29) is 18.1 Å². The van der Waals surface area contributed by atoms with Crippen molar-refractivity contribution in [1.82, 2.24) is 9.80 Å². The number of aliphatic hydroxyl groups excluding tert-OH is 1. The molecule has 2 amide bonds. The van der Waals surface area contributed by atoms with Crippen molar-refractivity contribution < 1.29 is 19.8 Å². The van der Waals surface area contributed by atoms with Crippen LogP contribution in [-0.2, 0) is 4.79 Å². The van der Waals surface area contributed by atoms with Gasteiger partial charge < -0.3 is 20.0 Å². The van der Waals surface area contributed by atoms with Gasteiger partial charge in [0.1, 0.15) is 5.54 Å². The summed E-state index contributed by atoms with van der Waals surface area (Å²) in [4.78, 5) is 27.5. The van der Waals surface area contributed by atoms with Crippen molar-refractivity contribution in [2.75, 3.05) is 19.6 Å². The molecule has 0 aromatic carbocycles. The Kier molecular flexibility index (Phi) is 4.76. The molecule has 2 rings (SSSR count). The van der Waals surface area contributed by atoms with Gasteiger partial charge >= 0.3 is 12.0 Å². The van der Waals surface area contributed by atoms with Crippen LogP contribution in [0.3, 0.4) is 0 Å². The Morgan fingerprint density at radius 2 is 1.81 bits per heavy atom. The van der Waals surface area contributed by atoms with Crippen LogP contribution in [0, 0.1) is 5.92 Å². The summed E-state index contributed by atoms with van der Waals surface area (Å²) in [6.45, 7) is 5.14. The number of carboxylic acid groups (broad SMARTS) is 1. The third kappa shape index (κ3) is 3.15. The lowest BCUT2D eigenvalue weighted by molar-refractivity contribution is -0.150. The smallest absolute Gasteiger partial charge is 0.329 e. The standard InChI is InChI=1S/C15H26N2O4/c1-11(18)12-5-9-16(10-6-12)14(21)17-8-4-3-7-15(17,2)13(19)20/h11-12,18H,3-10H2,1-2H3,(H,19,20). The molecule has 2 unspecified atom stereocenters. The monoisotopic (exact) mass is 298 g/mol. The van der Waals surface area contributed by atoms with Crippen molar-refractivity contribution in [2.24, 2.45) is 5.92 Å². The van der Waals surface area contributed by atoms with Crippen LogP contribution in [0.1, 0.15) is 46.0 Å². The average molecular weight is 298 g/mol. The van der Waals surface area contributed by atoms with E-state index in [1.807, 2.05) is 0 Å². The number of carbonyl (C=O) groups excluding carboxylic acids is 1. The Labute approximate surface area is 125 Å². The summed E-state index contributed by atoms with van der Waals surface area (Å²) in [5.41, 5.74) is -1.09. The molecular formula is C15H26N2O4. The second-order valence-corrected chi connectivity index (χ2v) is 6.54. The summed E-state index contributed by atoms with van der Waals surface area (Å²) >= 11 is 0. The zero-order valence-electron chi connectivity index (χ0n) is 12.9. The number of likely N-dealkylation sites (tertiary alicyclic amines) is 2. The van der Waals surface area contributed by atoms with Crippen LogP contribution in [-0.4, -0.2) is 63.3 Å². The van der Waals surface area contributed by atoms with Gasteiger partial charge in [0.15, 0.2) is 0 Å². The number of carboxylic acids is 1. The Hall–Kier alpha value is -1.30. The van der Waals surface area contributed by atoms with E-state index in [9.17, 15) is 19.8 Å². The molecule has 0 radical (unpaired) electrons. The highest BCUT2D eigenvalue weighted by molar-refractivity contribution is 5.86. The molecule has 0 bridgehead atoms. The van der Waals surface area contributed by atoms with E-state index >= 15 is 0 Å². The molecule has 0 aliphatic carbocycles. The Balaban J connectivity index is 2.04. The summed E-state index contributed by atoms with van der Waals surface area (Å²) in [7, 11) is 0. The molecule has 2 N–H and O–H groups in total. The lowest BCUT2D eigenvalue weighted by atomic mass is 9.88. The van der Waals surface area contributed by atoms with Gasteiger partial charge in [-0.25, -0.2) is 9.59 Å². The van der Waals surface area contributed by atoms with Crippen LogP contribution in [0.5, 0.6) is 0 Å². The van der Waals surface area contributed by atoms with Crippen molar-refractivity contribution in [2.45, 2.75) is 57.6 Å². The van der Waals surface area contributed by atoms with Crippen molar-refractivity contribution >= 4 is 12.0 Å². The fourth-order valence-corrected chi connectivity index (χ4v) is 3.39. The summed E-state index contributed by atoms with van der Waals surface area (Å²) in [5.74, 6) is -0.685. The Morgan fingerprint density at radius 3 is 2.33 bits per heavy atom. The molecule has 6 nitrogen and oxygen atoms in total. The van der Waals surface area contributed by atoms with Gasteiger partial charge in [0, 0.05) is 19.6 Å². The molecule has 21 heavy (non-hydrogen) atoms. The number of amides is 2. The van der Waals surface area contributed by atoms with Crippen molar-refractivity contribution in [3.8, 4) is 0 Å². The molecular weight excluding hydrogens is 272 g/mol. The molecule has 2 aliphatic heterocycles. The van der Waals surface area contributed by atoms with E-state index in [4.69, 9.17) is 0 Å². The number of rotatable bonds is 2. The maximum atomic E-state index is 12.7. The van der Waals surface area contributed by atoms with Crippen molar-refractivity contribution in [3.63, 3.8) is 0 Å². The first-order valence-electron chi connectivity index (χ1n) is 7.84. The molecule has 0 saturated carbocycles. The third-order valence-corrected chi connectivity index (χ3v) is 5.08. The summed E-state index contributed by atoms with van der Waals surface area (Å²) in [6.07, 6.45) is 3.43. The first kappa shape index (κ1) is 16.1. The molecule has 0 spiro atoms. The topological polar surface area (TPSA) is 81.1 Å². The minimum absolute atomic E-state index is 0.163. The highest BCUT2D eigenvalue weighted by Crippen LogP contribution is 2.30. The maximum Gasteiger partial charge on any atom is 0.329 e. The molecule has 120 valence electrons. The van der Waals surface area contributed by atoms with Gasteiger partial charge in [0.25, 0.3) is 0 Å². The molecule has 2 saturated heterocycles. The van der Waals surface area contributed by atoms with E-state index in [1.54, 1.807) is 18.7 Å². The van der Waals surface area contributed by atoms with E-state index in [0.29, 0.717) is 26.1 Å². The fraction of sp³-hybridized carbons (Fsp3) is 0.867. The highest BCUT2D eigenvalue weighted by Gasteiger charge is 2.45. The van der Waals surface area contributed by atoms with Crippen LogP contribution in [0.2, 0.25) is 0 Å².